The number of ether oxygens (including phenoxy) is 2. The fourth-order valence-electron chi connectivity index (χ4n) is 2.28. The van der Waals surface area contributed by atoms with Crippen LogP contribution in [0.25, 0.3) is 0 Å². The summed E-state index contributed by atoms with van der Waals surface area (Å²) < 4.78 is 10.8. The molecule has 102 valence electrons. The third kappa shape index (κ3) is 3.64. The minimum atomic E-state index is 0.475. The highest BCUT2D eigenvalue weighted by atomic mass is 16.5. The molecule has 0 saturated heterocycles. The van der Waals surface area contributed by atoms with Gasteiger partial charge in [-0.1, -0.05) is 13.8 Å². The minimum absolute atomic E-state index is 0.475. The van der Waals surface area contributed by atoms with Crippen LogP contribution in [0.1, 0.15) is 31.7 Å². The topological polar surface area (TPSA) is 30.5 Å². The summed E-state index contributed by atoms with van der Waals surface area (Å²) in [6.45, 7) is 5.50. The second-order valence-electron chi connectivity index (χ2n) is 4.85. The zero-order chi connectivity index (χ0) is 13.5. The zero-order valence-corrected chi connectivity index (χ0v) is 12.1. The van der Waals surface area contributed by atoms with Crippen molar-refractivity contribution >= 4 is 0 Å². The lowest BCUT2D eigenvalue weighted by Gasteiger charge is -2.24. The molecule has 18 heavy (non-hydrogen) atoms. The van der Waals surface area contributed by atoms with Gasteiger partial charge < -0.3 is 14.8 Å². The number of hydrogen-bond donors (Lipinski definition) is 1. The summed E-state index contributed by atoms with van der Waals surface area (Å²) in [5, 5.41) is 3.22. The summed E-state index contributed by atoms with van der Waals surface area (Å²) >= 11 is 0. The van der Waals surface area contributed by atoms with Crippen LogP contribution < -0.4 is 14.8 Å². The van der Waals surface area contributed by atoms with E-state index in [1.165, 1.54) is 5.56 Å². The minimum Gasteiger partial charge on any atom is -0.497 e. The molecular weight excluding hydrogens is 226 g/mol. The van der Waals surface area contributed by atoms with Gasteiger partial charge in [-0.05, 0) is 50.0 Å². The molecule has 0 spiro atoms. The van der Waals surface area contributed by atoms with Gasteiger partial charge in [0.2, 0.25) is 0 Å². The lowest BCUT2D eigenvalue weighted by atomic mass is 9.85. The van der Waals surface area contributed by atoms with Crippen LogP contribution in [0, 0.1) is 5.92 Å². The van der Waals surface area contributed by atoms with Gasteiger partial charge in [0.05, 0.1) is 14.2 Å². The Kier molecular flexibility index (Phi) is 5.99. The van der Waals surface area contributed by atoms with Crippen LogP contribution in [-0.4, -0.2) is 27.8 Å². The molecule has 1 rings (SSSR count). The van der Waals surface area contributed by atoms with Crippen molar-refractivity contribution in [2.45, 2.75) is 26.2 Å². The molecule has 1 unspecified atom stereocenters. The Bertz CT molecular complexity index is 364. The Balaban J connectivity index is 3.07. The van der Waals surface area contributed by atoms with Crippen molar-refractivity contribution in [2.24, 2.45) is 5.92 Å². The highest BCUT2D eigenvalue weighted by molar-refractivity contribution is 5.42. The number of nitrogens with one attached hydrogen (secondary N) is 1. The van der Waals surface area contributed by atoms with Crippen LogP contribution in [0.5, 0.6) is 11.5 Å². The number of rotatable bonds is 7. The van der Waals surface area contributed by atoms with Gasteiger partial charge in [-0.3, -0.25) is 0 Å². The second-order valence-corrected chi connectivity index (χ2v) is 4.85. The van der Waals surface area contributed by atoms with Crippen molar-refractivity contribution in [1.82, 2.24) is 5.32 Å². The Hall–Kier alpha value is -1.22. The standard InChI is InChI=1S/C15H25NO2/c1-11(2)13(8-9-16-3)14-10-12(17-4)6-7-15(14)18-5/h6-7,10-11,13,16H,8-9H2,1-5H3. The first-order chi connectivity index (χ1) is 8.63. The van der Waals surface area contributed by atoms with E-state index in [0.29, 0.717) is 11.8 Å². The van der Waals surface area contributed by atoms with E-state index in [9.17, 15) is 0 Å². The first-order valence-corrected chi connectivity index (χ1v) is 6.50. The molecule has 0 radical (unpaired) electrons. The van der Waals surface area contributed by atoms with Crippen molar-refractivity contribution in [1.29, 1.82) is 0 Å². The molecule has 0 aliphatic carbocycles. The summed E-state index contributed by atoms with van der Waals surface area (Å²) in [5.74, 6) is 2.88. The molecule has 0 heterocycles. The molecule has 1 aromatic rings. The van der Waals surface area contributed by atoms with Crippen molar-refractivity contribution in [3.8, 4) is 11.5 Å². The number of methoxy groups -OCH3 is 2. The van der Waals surface area contributed by atoms with E-state index in [4.69, 9.17) is 9.47 Å². The smallest absolute Gasteiger partial charge is 0.122 e. The Morgan fingerprint density at radius 1 is 1.17 bits per heavy atom. The molecule has 0 fully saturated rings. The highest BCUT2D eigenvalue weighted by Crippen LogP contribution is 2.36. The molecule has 0 aromatic heterocycles. The lowest BCUT2D eigenvalue weighted by molar-refractivity contribution is 0.380. The van der Waals surface area contributed by atoms with Gasteiger partial charge in [0.15, 0.2) is 0 Å². The predicted octanol–water partition coefficient (Wildman–Crippen LogP) is 3.05. The molecule has 1 atom stereocenters. The van der Waals surface area contributed by atoms with E-state index in [0.717, 1.165) is 24.5 Å². The number of hydrogen-bond acceptors (Lipinski definition) is 3. The van der Waals surface area contributed by atoms with Gasteiger partial charge in [-0.15, -0.1) is 0 Å². The summed E-state index contributed by atoms with van der Waals surface area (Å²) in [4.78, 5) is 0. The van der Waals surface area contributed by atoms with Gasteiger partial charge in [-0.2, -0.15) is 0 Å². The largest absolute Gasteiger partial charge is 0.497 e. The lowest BCUT2D eigenvalue weighted by Crippen LogP contribution is -2.16. The molecular formula is C15H25NO2. The zero-order valence-electron chi connectivity index (χ0n) is 12.1. The molecule has 3 heteroatoms. The first-order valence-electron chi connectivity index (χ1n) is 6.50. The quantitative estimate of drug-likeness (QED) is 0.808. The van der Waals surface area contributed by atoms with Crippen molar-refractivity contribution < 1.29 is 9.47 Å². The SMILES string of the molecule is CNCCC(c1cc(OC)ccc1OC)C(C)C. The fraction of sp³-hybridized carbons (Fsp3) is 0.600. The average Bonchev–Trinajstić information content (AvgIpc) is 2.38. The average molecular weight is 251 g/mol. The molecule has 1 aromatic carbocycles. The number of benzene rings is 1. The van der Waals surface area contributed by atoms with Crippen molar-refractivity contribution in [3.05, 3.63) is 23.8 Å². The van der Waals surface area contributed by atoms with Crippen LogP contribution in [-0.2, 0) is 0 Å². The van der Waals surface area contributed by atoms with E-state index >= 15 is 0 Å². The van der Waals surface area contributed by atoms with Crippen LogP contribution in [0.3, 0.4) is 0 Å². The molecule has 0 bridgehead atoms. The van der Waals surface area contributed by atoms with Gasteiger partial charge in [-0.25, -0.2) is 0 Å². The van der Waals surface area contributed by atoms with E-state index in [-0.39, 0.29) is 0 Å². The summed E-state index contributed by atoms with van der Waals surface area (Å²) in [6.07, 6.45) is 1.09. The van der Waals surface area contributed by atoms with Gasteiger partial charge in [0.1, 0.15) is 11.5 Å². The normalized spacial score (nSPS) is 12.6. The van der Waals surface area contributed by atoms with Gasteiger partial charge in [0, 0.05) is 5.56 Å². The van der Waals surface area contributed by atoms with E-state index in [1.807, 2.05) is 19.2 Å². The predicted molar refractivity (Wildman–Crippen MR) is 75.7 cm³/mol. The maximum Gasteiger partial charge on any atom is 0.122 e. The summed E-state index contributed by atoms with van der Waals surface area (Å²) in [5.41, 5.74) is 1.24. The third-order valence-corrected chi connectivity index (χ3v) is 3.35. The van der Waals surface area contributed by atoms with Crippen LogP contribution >= 0.6 is 0 Å². The Morgan fingerprint density at radius 3 is 2.39 bits per heavy atom. The highest BCUT2D eigenvalue weighted by Gasteiger charge is 2.20. The third-order valence-electron chi connectivity index (χ3n) is 3.35. The maximum atomic E-state index is 5.48. The van der Waals surface area contributed by atoms with Crippen LogP contribution in [0.4, 0.5) is 0 Å². The van der Waals surface area contributed by atoms with Crippen molar-refractivity contribution in [3.63, 3.8) is 0 Å². The van der Waals surface area contributed by atoms with E-state index in [1.54, 1.807) is 14.2 Å². The van der Waals surface area contributed by atoms with Crippen molar-refractivity contribution in [2.75, 3.05) is 27.8 Å². The maximum absolute atomic E-state index is 5.48. The first kappa shape index (κ1) is 14.8. The summed E-state index contributed by atoms with van der Waals surface area (Å²) in [7, 11) is 5.41. The molecule has 0 saturated carbocycles. The molecule has 0 amide bonds. The fourth-order valence-corrected chi connectivity index (χ4v) is 2.28. The Labute approximate surface area is 110 Å². The molecule has 1 N–H and O–H groups in total. The summed E-state index contributed by atoms with van der Waals surface area (Å²) in [6, 6.07) is 6.03. The van der Waals surface area contributed by atoms with Gasteiger partial charge in [0.25, 0.3) is 0 Å². The van der Waals surface area contributed by atoms with E-state index < -0.39 is 0 Å². The van der Waals surface area contributed by atoms with Crippen LogP contribution in [0.15, 0.2) is 18.2 Å². The monoisotopic (exact) mass is 251 g/mol. The Morgan fingerprint density at radius 2 is 1.89 bits per heavy atom. The van der Waals surface area contributed by atoms with Gasteiger partial charge >= 0.3 is 0 Å². The molecule has 0 aliphatic rings. The second kappa shape index (κ2) is 7.27. The molecule has 0 aliphatic heterocycles. The molecule has 3 nitrogen and oxygen atoms in total. The van der Waals surface area contributed by atoms with E-state index in [2.05, 4.69) is 25.2 Å². The van der Waals surface area contributed by atoms with Crippen LogP contribution in [0.2, 0.25) is 0 Å².